The topological polar surface area (TPSA) is 110 Å². The van der Waals surface area contributed by atoms with Crippen molar-refractivity contribution < 1.29 is 18.0 Å². The van der Waals surface area contributed by atoms with Gasteiger partial charge in [0.25, 0.3) is 0 Å². The van der Waals surface area contributed by atoms with Crippen molar-refractivity contribution in [2.45, 2.75) is 51.1 Å². The number of nitrogens with zero attached hydrogens (tertiary/aromatic N) is 1. The van der Waals surface area contributed by atoms with Crippen LogP contribution in [0.1, 0.15) is 39.5 Å². The number of likely N-dealkylation sites (tertiary alicyclic amines) is 1. The summed E-state index contributed by atoms with van der Waals surface area (Å²) in [5.74, 6) is -0.562. The first-order chi connectivity index (χ1) is 10.8. The number of sulfone groups is 1. The lowest BCUT2D eigenvalue weighted by atomic mass is 9.91. The van der Waals surface area contributed by atoms with Crippen molar-refractivity contribution in [1.29, 1.82) is 0 Å². The normalized spacial score (nSPS) is 26.3. The second-order valence-electron chi connectivity index (χ2n) is 6.68. The van der Waals surface area contributed by atoms with Gasteiger partial charge in [0.1, 0.15) is 0 Å². The molecule has 3 N–H and O–H groups in total. The summed E-state index contributed by atoms with van der Waals surface area (Å²) >= 11 is 0. The van der Waals surface area contributed by atoms with Crippen molar-refractivity contribution in [3.05, 3.63) is 0 Å². The molecule has 2 fully saturated rings. The smallest absolute Gasteiger partial charge is 0.225 e. The molecular formula is C15H28ClN3O4S. The maximum atomic E-state index is 12.5. The van der Waals surface area contributed by atoms with E-state index in [-0.39, 0.29) is 48.2 Å². The van der Waals surface area contributed by atoms with Crippen LogP contribution in [0.25, 0.3) is 0 Å². The van der Waals surface area contributed by atoms with Crippen molar-refractivity contribution in [2.24, 2.45) is 11.7 Å². The standard InChI is InChI=1S/C15H27N3O4S.ClH/c1-3-15(4-2,10-16)17-14(20)11-7-13(19)18(8-11)12-5-6-23(21,22)9-12;/h11-12H,3-10,16H2,1-2H3,(H,17,20);1H. The van der Waals surface area contributed by atoms with Gasteiger partial charge in [0.2, 0.25) is 11.8 Å². The quantitative estimate of drug-likeness (QED) is 0.677. The van der Waals surface area contributed by atoms with Gasteiger partial charge >= 0.3 is 0 Å². The molecule has 0 aromatic rings. The molecule has 2 amide bonds. The maximum absolute atomic E-state index is 12.5. The van der Waals surface area contributed by atoms with E-state index < -0.39 is 21.3 Å². The minimum absolute atomic E-state index is 0. The van der Waals surface area contributed by atoms with E-state index in [1.807, 2.05) is 13.8 Å². The monoisotopic (exact) mass is 381 g/mol. The first-order valence-electron chi connectivity index (χ1n) is 8.28. The number of carbonyl (C=O) groups excluding carboxylic acids is 2. The third kappa shape index (κ3) is 4.40. The van der Waals surface area contributed by atoms with Crippen LogP contribution in [0.3, 0.4) is 0 Å². The fraction of sp³-hybridized carbons (Fsp3) is 0.867. The Morgan fingerprint density at radius 1 is 1.38 bits per heavy atom. The van der Waals surface area contributed by atoms with Crippen LogP contribution < -0.4 is 11.1 Å². The van der Waals surface area contributed by atoms with Crippen LogP contribution in [-0.2, 0) is 19.4 Å². The molecule has 2 rings (SSSR count). The number of hydrogen-bond donors (Lipinski definition) is 2. The van der Waals surface area contributed by atoms with Crippen LogP contribution >= 0.6 is 12.4 Å². The molecule has 2 aliphatic heterocycles. The summed E-state index contributed by atoms with van der Waals surface area (Å²) in [6.45, 7) is 4.62. The number of rotatable bonds is 6. The average molecular weight is 382 g/mol. The summed E-state index contributed by atoms with van der Waals surface area (Å²) in [7, 11) is -3.05. The van der Waals surface area contributed by atoms with E-state index in [2.05, 4.69) is 5.32 Å². The molecule has 2 unspecified atom stereocenters. The Morgan fingerprint density at radius 2 is 2.00 bits per heavy atom. The summed E-state index contributed by atoms with van der Waals surface area (Å²) < 4.78 is 23.2. The van der Waals surface area contributed by atoms with Crippen LogP contribution in [-0.4, -0.2) is 61.3 Å². The Kier molecular flexibility index (Phi) is 7.07. The Morgan fingerprint density at radius 3 is 2.46 bits per heavy atom. The molecule has 7 nitrogen and oxygen atoms in total. The van der Waals surface area contributed by atoms with E-state index in [1.165, 1.54) is 0 Å². The highest BCUT2D eigenvalue weighted by Crippen LogP contribution is 2.27. The highest BCUT2D eigenvalue weighted by molar-refractivity contribution is 7.91. The zero-order valence-electron chi connectivity index (χ0n) is 14.3. The largest absolute Gasteiger partial charge is 0.349 e. The third-order valence-corrected chi connectivity index (χ3v) is 7.06. The Bertz CT molecular complexity index is 569. The van der Waals surface area contributed by atoms with Gasteiger partial charge in [-0.25, -0.2) is 8.42 Å². The highest BCUT2D eigenvalue weighted by Gasteiger charge is 2.42. The van der Waals surface area contributed by atoms with Gasteiger partial charge in [-0.2, -0.15) is 0 Å². The number of amides is 2. The van der Waals surface area contributed by atoms with E-state index >= 15 is 0 Å². The first kappa shape index (κ1) is 21.2. The number of carbonyl (C=O) groups is 2. The summed E-state index contributed by atoms with van der Waals surface area (Å²) in [6, 6.07) is -0.276. The molecule has 140 valence electrons. The number of nitrogens with one attached hydrogen (secondary N) is 1. The lowest BCUT2D eigenvalue weighted by molar-refractivity contribution is -0.130. The summed E-state index contributed by atoms with van der Waals surface area (Å²) in [5, 5.41) is 3.01. The predicted octanol–water partition coefficient (Wildman–Crippen LogP) is 0.0775. The van der Waals surface area contributed by atoms with E-state index in [9.17, 15) is 18.0 Å². The zero-order valence-corrected chi connectivity index (χ0v) is 15.9. The molecule has 24 heavy (non-hydrogen) atoms. The van der Waals surface area contributed by atoms with Crippen molar-refractivity contribution in [2.75, 3.05) is 24.6 Å². The average Bonchev–Trinajstić information content (AvgIpc) is 3.07. The van der Waals surface area contributed by atoms with Gasteiger partial charge in [0.15, 0.2) is 9.84 Å². The van der Waals surface area contributed by atoms with Crippen LogP contribution in [0, 0.1) is 5.92 Å². The van der Waals surface area contributed by atoms with E-state index in [1.54, 1.807) is 4.90 Å². The molecule has 0 aromatic carbocycles. The van der Waals surface area contributed by atoms with Crippen molar-refractivity contribution in [1.82, 2.24) is 10.2 Å². The Labute approximate surface area is 150 Å². The van der Waals surface area contributed by atoms with E-state index in [0.717, 1.165) is 12.8 Å². The van der Waals surface area contributed by atoms with E-state index in [4.69, 9.17) is 5.73 Å². The molecule has 0 saturated carbocycles. The fourth-order valence-corrected chi connectivity index (χ4v) is 5.14. The number of nitrogens with two attached hydrogens (primary N) is 1. The summed E-state index contributed by atoms with van der Waals surface area (Å²) in [4.78, 5) is 26.3. The second-order valence-corrected chi connectivity index (χ2v) is 8.91. The predicted molar refractivity (Wildman–Crippen MR) is 94.6 cm³/mol. The lowest BCUT2D eigenvalue weighted by Crippen LogP contribution is -2.54. The molecule has 9 heteroatoms. The fourth-order valence-electron chi connectivity index (χ4n) is 3.41. The number of hydrogen-bond acceptors (Lipinski definition) is 5. The summed E-state index contributed by atoms with van der Waals surface area (Å²) in [5.41, 5.74) is 5.37. The SMILES string of the molecule is CCC(CC)(CN)NC(=O)C1CC(=O)N(C2CCS(=O)(=O)C2)C1.Cl. The molecule has 0 aliphatic carbocycles. The van der Waals surface area contributed by atoms with Gasteiger partial charge in [-0.15, -0.1) is 12.4 Å². The van der Waals surface area contributed by atoms with Crippen LogP contribution in [0.2, 0.25) is 0 Å². The van der Waals surface area contributed by atoms with E-state index in [0.29, 0.717) is 19.5 Å². The van der Waals surface area contributed by atoms with Gasteiger partial charge in [-0.05, 0) is 19.3 Å². The molecule has 0 aromatic heterocycles. The van der Waals surface area contributed by atoms with Gasteiger partial charge in [0, 0.05) is 25.6 Å². The first-order valence-corrected chi connectivity index (χ1v) is 10.1. The minimum Gasteiger partial charge on any atom is -0.349 e. The van der Waals surface area contributed by atoms with Gasteiger partial charge in [-0.1, -0.05) is 13.8 Å². The zero-order chi connectivity index (χ0) is 17.3. The van der Waals surface area contributed by atoms with Gasteiger partial charge < -0.3 is 16.0 Å². The lowest BCUT2D eigenvalue weighted by Gasteiger charge is -2.32. The molecule has 0 radical (unpaired) electrons. The minimum atomic E-state index is -3.05. The van der Waals surface area contributed by atoms with Crippen molar-refractivity contribution >= 4 is 34.1 Å². The highest BCUT2D eigenvalue weighted by atomic mass is 35.5. The van der Waals surface area contributed by atoms with Crippen LogP contribution in [0.5, 0.6) is 0 Å². The maximum Gasteiger partial charge on any atom is 0.225 e. The Balaban J connectivity index is 0.00000288. The summed E-state index contributed by atoms with van der Waals surface area (Å²) in [6.07, 6.45) is 2.09. The van der Waals surface area contributed by atoms with Crippen LogP contribution in [0.4, 0.5) is 0 Å². The molecule has 0 spiro atoms. The van der Waals surface area contributed by atoms with Crippen LogP contribution in [0.15, 0.2) is 0 Å². The molecule has 2 atom stereocenters. The Hall–Kier alpha value is -0.860. The molecule has 2 aliphatic rings. The van der Waals surface area contributed by atoms with Crippen molar-refractivity contribution in [3.8, 4) is 0 Å². The molecule has 2 saturated heterocycles. The molecule has 0 bridgehead atoms. The second kappa shape index (κ2) is 8.01. The molecular weight excluding hydrogens is 354 g/mol. The molecule has 2 heterocycles. The van der Waals surface area contributed by atoms with Gasteiger partial charge in [0.05, 0.1) is 23.0 Å². The van der Waals surface area contributed by atoms with Gasteiger partial charge in [-0.3, -0.25) is 9.59 Å². The van der Waals surface area contributed by atoms with Crippen molar-refractivity contribution in [3.63, 3.8) is 0 Å². The number of halogens is 1. The third-order valence-electron chi connectivity index (χ3n) is 5.31.